The Morgan fingerprint density at radius 3 is 2.77 bits per heavy atom. The minimum atomic E-state index is 0.552. The zero-order valence-corrected chi connectivity index (χ0v) is 22.4. The summed E-state index contributed by atoms with van der Waals surface area (Å²) in [5.74, 6) is 0.552. The second-order valence-corrected chi connectivity index (χ2v) is 11.2. The molecule has 0 atom stereocenters. The lowest BCUT2D eigenvalue weighted by molar-refractivity contribution is 0.371. The average Bonchev–Trinajstić information content (AvgIpc) is 3.65. The van der Waals surface area contributed by atoms with E-state index in [9.17, 15) is 0 Å². The van der Waals surface area contributed by atoms with Crippen molar-refractivity contribution in [3.05, 3.63) is 84.8 Å². The molecule has 0 radical (unpaired) electrons. The van der Waals surface area contributed by atoms with E-state index in [0.29, 0.717) is 5.92 Å². The Morgan fingerprint density at radius 2 is 1.97 bits per heavy atom. The summed E-state index contributed by atoms with van der Waals surface area (Å²) >= 11 is 1.74. The number of pyridine rings is 3. The largest absolute Gasteiger partial charge is 0.358 e. The number of H-pyrrole nitrogens is 2. The first-order valence-corrected chi connectivity index (χ1v) is 13.9. The number of hydrogen-bond donors (Lipinski definition) is 3. The van der Waals surface area contributed by atoms with Gasteiger partial charge in [-0.1, -0.05) is 19.6 Å². The molecule has 3 N–H and O–H groups in total. The highest BCUT2D eigenvalue weighted by Gasteiger charge is 2.21. The van der Waals surface area contributed by atoms with Gasteiger partial charge in [-0.15, -0.1) is 11.3 Å². The van der Waals surface area contributed by atoms with Gasteiger partial charge in [-0.3, -0.25) is 10.1 Å². The van der Waals surface area contributed by atoms with Gasteiger partial charge in [0.05, 0.1) is 28.8 Å². The zero-order valence-electron chi connectivity index (χ0n) is 21.6. The molecular formula is C31H27N7S. The van der Waals surface area contributed by atoms with Crippen molar-refractivity contribution < 1.29 is 0 Å². The molecule has 1 aliphatic rings. The fourth-order valence-corrected chi connectivity index (χ4v) is 5.99. The lowest BCUT2D eigenvalue weighted by Crippen LogP contribution is -2.18. The van der Waals surface area contributed by atoms with Crippen LogP contribution >= 0.6 is 11.3 Å². The number of fused-ring (bicyclic) bond motifs is 2. The quantitative estimate of drug-likeness (QED) is 0.194. The summed E-state index contributed by atoms with van der Waals surface area (Å²) in [7, 11) is 0. The van der Waals surface area contributed by atoms with E-state index in [4.69, 9.17) is 4.98 Å². The Labute approximate surface area is 229 Å². The molecule has 6 heterocycles. The molecule has 7 nitrogen and oxygen atoms in total. The number of hydrogen-bond acceptors (Lipinski definition) is 6. The molecule has 6 aromatic rings. The van der Waals surface area contributed by atoms with Crippen LogP contribution in [0.1, 0.15) is 31.1 Å². The molecule has 0 amide bonds. The first kappa shape index (κ1) is 23.5. The maximum atomic E-state index is 5.01. The second kappa shape index (κ2) is 9.32. The van der Waals surface area contributed by atoms with Crippen LogP contribution in [0.15, 0.2) is 79.9 Å². The summed E-state index contributed by atoms with van der Waals surface area (Å²) in [6.07, 6.45) is 9.19. The molecule has 6 aromatic heterocycles. The summed E-state index contributed by atoms with van der Waals surface area (Å²) in [6, 6.07) is 14.5. The van der Waals surface area contributed by atoms with Gasteiger partial charge >= 0.3 is 0 Å². The van der Waals surface area contributed by atoms with E-state index in [2.05, 4.69) is 74.0 Å². The van der Waals surface area contributed by atoms with Crippen molar-refractivity contribution in [1.29, 1.82) is 0 Å². The van der Waals surface area contributed by atoms with E-state index in [1.807, 2.05) is 37.6 Å². The van der Waals surface area contributed by atoms with Crippen LogP contribution in [0.25, 0.3) is 60.7 Å². The van der Waals surface area contributed by atoms with E-state index in [1.54, 1.807) is 11.3 Å². The third kappa shape index (κ3) is 4.23. The molecule has 1 aliphatic carbocycles. The van der Waals surface area contributed by atoms with Crippen LogP contribution in [0, 0.1) is 5.92 Å². The van der Waals surface area contributed by atoms with Crippen LogP contribution in [0.3, 0.4) is 0 Å². The van der Waals surface area contributed by atoms with Crippen LogP contribution < -0.4 is 5.32 Å². The van der Waals surface area contributed by atoms with E-state index >= 15 is 0 Å². The predicted molar refractivity (Wildman–Crippen MR) is 160 cm³/mol. The molecule has 0 aromatic carbocycles. The van der Waals surface area contributed by atoms with Crippen molar-refractivity contribution in [3.8, 4) is 33.1 Å². The third-order valence-electron chi connectivity index (χ3n) is 7.42. The van der Waals surface area contributed by atoms with Gasteiger partial charge in [0.25, 0.3) is 0 Å². The fraction of sp³-hybridized carbons (Fsp3) is 0.161. The van der Waals surface area contributed by atoms with E-state index < -0.39 is 0 Å². The van der Waals surface area contributed by atoms with E-state index in [1.165, 1.54) is 29.0 Å². The van der Waals surface area contributed by atoms with Gasteiger partial charge in [-0.25, -0.2) is 9.97 Å². The summed E-state index contributed by atoms with van der Waals surface area (Å²) < 4.78 is 0. The molecule has 8 heteroatoms. The molecule has 39 heavy (non-hydrogen) atoms. The summed E-state index contributed by atoms with van der Waals surface area (Å²) in [5, 5.41) is 12.2. The van der Waals surface area contributed by atoms with Crippen molar-refractivity contribution in [2.75, 3.05) is 5.32 Å². The molecule has 0 aliphatic heterocycles. The number of thiophene rings is 1. The van der Waals surface area contributed by atoms with Gasteiger partial charge in [-0.2, -0.15) is 5.10 Å². The maximum Gasteiger partial charge on any atom is 0.138 e. The van der Waals surface area contributed by atoms with Crippen LogP contribution in [-0.4, -0.2) is 30.1 Å². The lowest BCUT2D eigenvalue weighted by Gasteiger charge is -2.28. The number of rotatable bonds is 7. The summed E-state index contributed by atoms with van der Waals surface area (Å²) in [4.78, 5) is 19.9. The first-order valence-electron chi connectivity index (χ1n) is 13.0. The van der Waals surface area contributed by atoms with Crippen molar-refractivity contribution in [2.45, 2.75) is 26.2 Å². The topological polar surface area (TPSA) is 95.2 Å². The van der Waals surface area contributed by atoms with Crippen molar-refractivity contribution in [1.82, 2.24) is 30.1 Å². The van der Waals surface area contributed by atoms with Crippen molar-refractivity contribution in [2.24, 2.45) is 5.92 Å². The molecule has 0 spiro atoms. The molecule has 0 bridgehead atoms. The molecule has 1 saturated carbocycles. The Bertz CT molecular complexity index is 1890. The minimum absolute atomic E-state index is 0.552. The molecular weight excluding hydrogens is 502 g/mol. The van der Waals surface area contributed by atoms with Gasteiger partial charge in [0.2, 0.25) is 0 Å². The minimum Gasteiger partial charge on any atom is -0.358 e. The van der Waals surface area contributed by atoms with E-state index in [0.717, 1.165) is 67.2 Å². The normalized spacial score (nSPS) is 13.6. The monoisotopic (exact) mass is 529 g/mol. The number of aromatic nitrogens is 6. The van der Waals surface area contributed by atoms with Crippen LogP contribution in [0.5, 0.6) is 0 Å². The standard InChI is InChI=1S/C31H27N7S/c1-17(2)27-9-10-28(39-27)22-11-12-33-31-23(22)14-26(36-31)30-29-25(37-38-30)8-7-24(35-29)20-13-21(16-32-15-20)34-18(3)19-5-4-6-19/h7-16,19,34H,1,3-6H2,2H3,(H,33,36)(H,37,38). The Hall–Kier alpha value is -4.56. The number of allylic oxidation sites excluding steroid dienone is 2. The van der Waals surface area contributed by atoms with E-state index in [-0.39, 0.29) is 0 Å². The number of nitrogens with zero attached hydrogens (tertiary/aromatic N) is 4. The molecule has 1 fully saturated rings. The lowest BCUT2D eigenvalue weighted by atomic mass is 9.83. The highest BCUT2D eigenvalue weighted by molar-refractivity contribution is 7.16. The van der Waals surface area contributed by atoms with Gasteiger partial charge in [0.15, 0.2) is 0 Å². The van der Waals surface area contributed by atoms with Crippen LogP contribution in [0.2, 0.25) is 0 Å². The highest BCUT2D eigenvalue weighted by atomic mass is 32.1. The molecule has 0 unspecified atom stereocenters. The Kier molecular flexibility index (Phi) is 5.63. The summed E-state index contributed by atoms with van der Waals surface area (Å²) in [5.41, 5.74) is 10.0. The van der Waals surface area contributed by atoms with Gasteiger partial charge in [-0.05, 0) is 73.7 Å². The van der Waals surface area contributed by atoms with Crippen molar-refractivity contribution >= 4 is 44.7 Å². The Morgan fingerprint density at radius 1 is 1.08 bits per heavy atom. The van der Waals surface area contributed by atoms with Gasteiger partial charge in [0.1, 0.15) is 16.9 Å². The first-order chi connectivity index (χ1) is 19.0. The van der Waals surface area contributed by atoms with Crippen molar-refractivity contribution in [3.63, 3.8) is 0 Å². The smallest absolute Gasteiger partial charge is 0.138 e. The van der Waals surface area contributed by atoms with Crippen LogP contribution in [-0.2, 0) is 0 Å². The van der Waals surface area contributed by atoms with Gasteiger partial charge < -0.3 is 10.3 Å². The zero-order chi connectivity index (χ0) is 26.5. The Balaban J connectivity index is 1.25. The number of aromatic amines is 2. The average molecular weight is 530 g/mol. The fourth-order valence-electron chi connectivity index (χ4n) is 5.02. The maximum absolute atomic E-state index is 5.01. The van der Waals surface area contributed by atoms with Gasteiger partial charge in [0, 0.05) is 44.4 Å². The van der Waals surface area contributed by atoms with Crippen LogP contribution in [0.4, 0.5) is 5.69 Å². The number of nitrogens with one attached hydrogen (secondary N) is 3. The predicted octanol–water partition coefficient (Wildman–Crippen LogP) is 8.05. The second-order valence-electron chi connectivity index (χ2n) is 10.2. The molecule has 0 saturated heterocycles. The SMILES string of the molecule is C=C(C)c1ccc(-c2ccnc3[nH]c(-c4n[nH]c5ccc(-c6cncc(NC(=C)C7CCC7)c6)nc45)cc23)s1. The molecule has 7 rings (SSSR count). The number of anilines is 1. The summed E-state index contributed by atoms with van der Waals surface area (Å²) in [6.45, 7) is 10.3. The third-order valence-corrected chi connectivity index (χ3v) is 8.70. The molecule has 192 valence electrons. The highest BCUT2D eigenvalue weighted by Crippen LogP contribution is 2.38.